The molecule has 0 heterocycles. The van der Waals surface area contributed by atoms with Crippen LogP contribution in [-0.2, 0) is 0 Å². The second kappa shape index (κ2) is 9.83. The first-order valence-electron chi connectivity index (χ1n) is 8.62. The summed E-state index contributed by atoms with van der Waals surface area (Å²) in [6, 6.07) is 13.4. The van der Waals surface area contributed by atoms with E-state index < -0.39 is 6.09 Å². The molecule has 152 valence electrons. The van der Waals surface area contributed by atoms with Crippen LogP contribution in [0.25, 0.3) is 0 Å². The fourth-order valence-corrected chi connectivity index (χ4v) is 2.21. The number of hydrogen-bond donors (Lipinski definition) is 0. The van der Waals surface area contributed by atoms with Gasteiger partial charge in [-0.05, 0) is 24.3 Å². The molecule has 0 aliphatic rings. The Morgan fingerprint density at radius 1 is 0.929 bits per heavy atom. The lowest BCUT2D eigenvalue weighted by Crippen LogP contribution is -3.00. The third-order valence-electron chi connectivity index (χ3n) is 3.92. The van der Waals surface area contributed by atoms with Crippen LogP contribution in [-0.4, -0.2) is 60.3 Å². The second-order valence-electron chi connectivity index (χ2n) is 7.54. The lowest BCUT2D eigenvalue weighted by atomic mass is 10.2. The fraction of sp³-hybridized carbons (Fsp3) is 0.350. The lowest BCUT2D eigenvalue weighted by molar-refractivity contribution is -0.0000109. The first-order valence-corrected chi connectivity index (χ1v) is 8.62. The molecule has 0 N–H and O–H groups in total. The molecule has 0 aliphatic heterocycles. The highest BCUT2D eigenvalue weighted by atomic mass is 127. The van der Waals surface area contributed by atoms with Crippen LogP contribution in [0.15, 0.2) is 52.7 Å². The number of anilines is 1. The molecule has 0 aromatic heterocycles. The first-order chi connectivity index (χ1) is 12.6. The molecular formula is C20H28IN5O2. The molecular weight excluding hydrogens is 469 g/mol. The van der Waals surface area contributed by atoms with E-state index in [0.29, 0.717) is 11.4 Å². The molecule has 0 bridgehead atoms. The normalized spacial score (nSPS) is 11.1. The number of halogens is 1. The van der Waals surface area contributed by atoms with Gasteiger partial charge in [-0.25, -0.2) is 4.79 Å². The number of azo groups is 1. The van der Waals surface area contributed by atoms with Gasteiger partial charge < -0.3 is 38.5 Å². The van der Waals surface area contributed by atoms with Crippen molar-refractivity contribution in [2.75, 3.05) is 54.2 Å². The van der Waals surface area contributed by atoms with Crippen LogP contribution in [0.1, 0.15) is 0 Å². The fourth-order valence-electron chi connectivity index (χ4n) is 2.21. The number of ether oxygens (including phenoxy) is 1. The van der Waals surface area contributed by atoms with Crippen molar-refractivity contribution in [2.45, 2.75) is 0 Å². The van der Waals surface area contributed by atoms with Crippen LogP contribution in [0.3, 0.4) is 0 Å². The van der Waals surface area contributed by atoms with E-state index >= 15 is 0 Å². The second-order valence-corrected chi connectivity index (χ2v) is 7.54. The average Bonchev–Trinajstić information content (AvgIpc) is 2.59. The molecule has 0 atom stereocenters. The van der Waals surface area contributed by atoms with Crippen molar-refractivity contribution < 1.29 is 33.5 Å². The molecule has 2 aromatic rings. The van der Waals surface area contributed by atoms with Gasteiger partial charge in [0.25, 0.3) is 0 Å². The summed E-state index contributed by atoms with van der Waals surface area (Å²) in [6.45, 7) is 0. The smallest absolute Gasteiger partial charge is 0.414 e. The molecule has 28 heavy (non-hydrogen) atoms. The topological polar surface area (TPSA) is 57.5 Å². The first kappa shape index (κ1) is 23.8. The molecule has 2 aromatic carbocycles. The predicted octanol–water partition coefficient (Wildman–Crippen LogP) is 1.43. The van der Waals surface area contributed by atoms with Gasteiger partial charge >= 0.3 is 6.09 Å². The van der Waals surface area contributed by atoms with Crippen molar-refractivity contribution in [2.24, 2.45) is 10.2 Å². The van der Waals surface area contributed by atoms with Crippen LogP contribution in [0.2, 0.25) is 0 Å². The van der Waals surface area contributed by atoms with Gasteiger partial charge in [-0.3, -0.25) is 4.48 Å². The average molecular weight is 497 g/mol. The van der Waals surface area contributed by atoms with Crippen molar-refractivity contribution in [1.29, 1.82) is 0 Å². The lowest BCUT2D eigenvalue weighted by Gasteiger charge is -2.23. The van der Waals surface area contributed by atoms with Gasteiger partial charge in [-0.15, -0.1) is 5.11 Å². The maximum absolute atomic E-state index is 12.0. The summed E-state index contributed by atoms with van der Waals surface area (Å²) in [6.07, 6.45) is -0.463. The zero-order chi connectivity index (χ0) is 20.2. The van der Waals surface area contributed by atoms with Crippen LogP contribution in [0.4, 0.5) is 27.5 Å². The summed E-state index contributed by atoms with van der Waals surface area (Å²) >= 11 is 0. The standard InChI is InChI=1S/C20H28N5O2.HI/c1-23(2)16-10-13-18(19(14-16)27-20(26)24(3)4)22-21-15-8-11-17(12-9-15)25(5,6)7;/h8-14H,1-7H3;1H/q+1;/p-1. The zero-order valence-electron chi connectivity index (χ0n) is 17.5. The van der Waals surface area contributed by atoms with Gasteiger partial charge in [0.1, 0.15) is 11.4 Å². The van der Waals surface area contributed by atoms with Crippen molar-refractivity contribution in [3.63, 3.8) is 0 Å². The number of carbonyl (C=O) groups excluding carboxylic acids is 1. The maximum atomic E-state index is 12.0. The summed E-state index contributed by atoms with van der Waals surface area (Å²) in [7, 11) is 13.4. The van der Waals surface area contributed by atoms with E-state index in [2.05, 4.69) is 31.4 Å². The van der Waals surface area contributed by atoms with E-state index in [1.54, 1.807) is 26.2 Å². The Bertz CT molecular complexity index is 827. The molecule has 1 amide bonds. The molecule has 2 rings (SSSR count). The summed E-state index contributed by atoms with van der Waals surface area (Å²) in [5, 5.41) is 8.57. The third-order valence-corrected chi connectivity index (χ3v) is 3.92. The zero-order valence-corrected chi connectivity index (χ0v) is 19.6. The molecule has 8 heteroatoms. The van der Waals surface area contributed by atoms with Gasteiger partial charge in [-0.1, -0.05) is 0 Å². The van der Waals surface area contributed by atoms with Gasteiger partial charge in [0.15, 0.2) is 5.75 Å². The van der Waals surface area contributed by atoms with E-state index in [1.165, 1.54) is 10.6 Å². The third kappa shape index (κ3) is 6.45. The minimum Gasteiger partial charge on any atom is -1.00 e. The molecule has 0 saturated heterocycles. The highest BCUT2D eigenvalue weighted by Crippen LogP contribution is 2.33. The molecule has 0 aliphatic carbocycles. The van der Waals surface area contributed by atoms with E-state index in [4.69, 9.17) is 4.74 Å². The van der Waals surface area contributed by atoms with E-state index in [1.807, 2.05) is 49.3 Å². The summed E-state index contributed by atoms with van der Waals surface area (Å²) in [4.78, 5) is 15.3. The molecule has 7 nitrogen and oxygen atoms in total. The largest absolute Gasteiger partial charge is 1.00 e. The predicted molar refractivity (Wildman–Crippen MR) is 111 cm³/mol. The molecule has 0 spiro atoms. The minimum absolute atomic E-state index is 0. The number of nitrogens with zero attached hydrogens (tertiary/aromatic N) is 5. The number of benzene rings is 2. The van der Waals surface area contributed by atoms with Crippen LogP contribution in [0.5, 0.6) is 5.75 Å². The minimum atomic E-state index is -0.463. The van der Waals surface area contributed by atoms with Crippen LogP contribution < -0.4 is 38.1 Å². The van der Waals surface area contributed by atoms with E-state index in [9.17, 15) is 4.79 Å². The van der Waals surface area contributed by atoms with Crippen molar-refractivity contribution in [3.8, 4) is 5.75 Å². The van der Waals surface area contributed by atoms with Gasteiger partial charge in [-0.2, -0.15) is 5.11 Å². The van der Waals surface area contributed by atoms with Crippen molar-refractivity contribution in [3.05, 3.63) is 42.5 Å². The number of rotatable bonds is 5. The van der Waals surface area contributed by atoms with E-state index in [0.717, 1.165) is 15.9 Å². The summed E-state index contributed by atoms with van der Waals surface area (Å²) < 4.78 is 6.18. The SMILES string of the molecule is CN(C)C(=O)Oc1cc(N(C)C)ccc1N=Nc1ccc([N+](C)(C)C)cc1.[I-]. The monoisotopic (exact) mass is 497 g/mol. The quantitative estimate of drug-likeness (QED) is 0.357. The van der Waals surface area contributed by atoms with Crippen LogP contribution >= 0.6 is 0 Å². The van der Waals surface area contributed by atoms with E-state index in [-0.39, 0.29) is 24.0 Å². The number of quaternary nitrogens is 1. The van der Waals surface area contributed by atoms with Gasteiger partial charge in [0, 0.05) is 52.1 Å². The Hall–Kier alpha value is -2.20. The molecule has 0 fully saturated rings. The molecule has 0 radical (unpaired) electrons. The maximum Gasteiger partial charge on any atom is 0.414 e. The van der Waals surface area contributed by atoms with Gasteiger partial charge in [0.05, 0.1) is 26.8 Å². The number of carbonyl (C=O) groups is 1. The van der Waals surface area contributed by atoms with Gasteiger partial charge in [0.2, 0.25) is 0 Å². The highest BCUT2D eigenvalue weighted by molar-refractivity contribution is 5.74. The Balaban J connectivity index is 0.00000392. The molecule has 0 saturated carbocycles. The van der Waals surface area contributed by atoms with Crippen molar-refractivity contribution in [1.82, 2.24) is 9.38 Å². The Morgan fingerprint density at radius 3 is 2.04 bits per heavy atom. The number of hydrogen-bond acceptors (Lipinski definition) is 5. The summed E-state index contributed by atoms with van der Waals surface area (Å²) in [5.74, 6) is 0.367. The Morgan fingerprint density at radius 2 is 1.54 bits per heavy atom. The van der Waals surface area contributed by atoms with Crippen LogP contribution in [0, 0.1) is 0 Å². The highest BCUT2D eigenvalue weighted by Gasteiger charge is 2.13. The number of amides is 1. The summed E-state index contributed by atoms with van der Waals surface area (Å²) in [5.41, 5.74) is 3.30. The Labute approximate surface area is 184 Å². The van der Waals surface area contributed by atoms with Crippen molar-refractivity contribution >= 4 is 28.8 Å². The Kier molecular flexibility index (Phi) is 8.37. The molecule has 0 unspecified atom stereocenters.